The highest BCUT2D eigenvalue weighted by Crippen LogP contribution is 2.12. The molecule has 0 radical (unpaired) electrons. The van der Waals surface area contributed by atoms with Gasteiger partial charge in [-0.05, 0) is 5.56 Å². The molecule has 15 heavy (non-hydrogen) atoms. The van der Waals surface area contributed by atoms with Crippen LogP contribution in [-0.2, 0) is 0 Å². The van der Waals surface area contributed by atoms with Gasteiger partial charge in [0, 0.05) is 19.0 Å². The minimum Gasteiger partial charge on any atom is -0.330 e. The molecule has 1 rings (SSSR count). The lowest BCUT2D eigenvalue weighted by molar-refractivity contribution is 0.145. The number of hydrogen-bond donors (Lipinski definition) is 2. The third-order valence-corrected chi connectivity index (χ3v) is 2.24. The molecule has 0 amide bonds. The molecular formula is C11H16F2N2. The maximum atomic E-state index is 11.9. The van der Waals surface area contributed by atoms with E-state index in [9.17, 15) is 8.78 Å². The van der Waals surface area contributed by atoms with Gasteiger partial charge in [-0.15, -0.1) is 0 Å². The number of rotatable bonds is 6. The van der Waals surface area contributed by atoms with Crippen LogP contribution in [0.4, 0.5) is 8.78 Å². The molecule has 1 atom stereocenters. The Bertz CT molecular complexity index is 265. The molecule has 0 aliphatic carbocycles. The number of nitrogens with two attached hydrogens (primary N) is 1. The van der Waals surface area contributed by atoms with Gasteiger partial charge in [0.1, 0.15) is 0 Å². The van der Waals surface area contributed by atoms with Crippen molar-refractivity contribution in [3.8, 4) is 0 Å². The fourth-order valence-corrected chi connectivity index (χ4v) is 1.43. The highest BCUT2D eigenvalue weighted by atomic mass is 19.3. The Morgan fingerprint density at radius 3 is 2.33 bits per heavy atom. The van der Waals surface area contributed by atoms with Gasteiger partial charge in [-0.25, -0.2) is 8.78 Å². The Balaban J connectivity index is 2.43. The number of alkyl halides is 2. The summed E-state index contributed by atoms with van der Waals surface area (Å²) in [4.78, 5) is 0. The van der Waals surface area contributed by atoms with Gasteiger partial charge in [0.2, 0.25) is 0 Å². The van der Waals surface area contributed by atoms with Gasteiger partial charge < -0.3 is 11.1 Å². The molecule has 0 heterocycles. The van der Waals surface area contributed by atoms with Crippen molar-refractivity contribution in [3.05, 3.63) is 35.9 Å². The van der Waals surface area contributed by atoms with Gasteiger partial charge in [-0.3, -0.25) is 0 Å². The molecule has 1 unspecified atom stereocenters. The van der Waals surface area contributed by atoms with Crippen LogP contribution in [0.25, 0.3) is 0 Å². The van der Waals surface area contributed by atoms with E-state index >= 15 is 0 Å². The Labute approximate surface area is 88.5 Å². The normalized spacial score (nSPS) is 13.1. The van der Waals surface area contributed by atoms with Crippen molar-refractivity contribution in [1.29, 1.82) is 0 Å². The van der Waals surface area contributed by atoms with Crippen LogP contribution in [-0.4, -0.2) is 26.1 Å². The SMILES string of the molecule is NCC(CNCC(F)F)c1ccccc1. The zero-order valence-corrected chi connectivity index (χ0v) is 8.50. The highest BCUT2D eigenvalue weighted by Gasteiger charge is 2.09. The van der Waals surface area contributed by atoms with Crippen molar-refractivity contribution in [1.82, 2.24) is 5.32 Å². The standard InChI is InChI=1S/C11H16F2N2/c12-11(13)8-15-7-10(6-14)9-4-2-1-3-5-9/h1-5,10-11,15H,6-8,14H2. The minimum atomic E-state index is -2.31. The smallest absolute Gasteiger partial charge is 0.250 e. The summed E-state index contributed by atoms with van der Waals surface area (Å²) < 4.78 is 23.8. The molecule has 1 aromatic rings. The zero-order valence-electron chi connectivity index (χ0n) is 8.50. The first-order valence-corrected chi connectivity index (χ1v) is 4.98. The predicted molar refractivity (Wildman–Crippen MR) is 57.1 cm³/mol. The molecule has 0 saturated heterocycles. The van der Waals surface area contributed by atoms with Crippen LogP contribution in [0.15, 0.2) is 30.3 Å². The highest BCUT2D eigenvalue weighted by molar-refractivity contribution is 5.20. The molecule has 3 N–H and O–H groups in total. The summed E-state index contributed by atoms with van der Waals surface area (Å²) in [6, 6.07) is 9.68. The fraction of sp³-hybridized carbons (Fsp3) is 0.455. The van der Waals surface area contributed by atoms with E-state index in [1.807, 2.05) is 30.3 Å². The van der Waals surface area contributed by atoms with Crippen molar-refractivity contribution in [2.75, 3.05) is 19.6 Å². The largest absolute Gasteiger partial charge is 0.330 e. The monoisotopic (exact) mass is 214 g/mol. The van der Waals surface area contributed by atoms with E-state index in [0.29, 0.717) is 13.1 Å². The van der Waals surface area contributed by atoms with E-state index in [4.69, 9.17) is 5.73 Å². The van der Waals surface area contributed by atoms with Crippen molar-refractivity contribution >= 4 is 0 Å². The lowest BCUT2D eigenvalue weighted by atomic mass is 9.99. The Morgan fingerprint density at radius 2 is 1.80 bits per heavy atom. The second-order valence-corrected chi connectivity index (χ2v) is 3.39. The van der Waals surface area contributed by atoms with Gasteiger partial charge in [0.15, 0.2) is 0 Å². The van der Waals surface area contributed by atoms with Gasteiger partial charge in [0.05, 0.1) is 6.54 Å². The minimum absolute atomic E-state index is 0.102. The summed E-state index contributed by atoms with van der Waals surface area (Å²) >= 11 is 0. The van der Waals surface area contributed by atoms with Gasteiger partial charge in [0.25, 0.3) is 6.43 Å². The van der Waals surface area contributed by atoms with E-state index in [2.05, 4.69) is 5.32 Å². The summed E-state index contributed by atoms with van der Waals surface area (Å²) in [6.07, 6.45) is -2.31. The number of benzene rings is 1. The maximum absolute atomic E-state index is 11.9. The van der Waals surface area contributed by atoms with Crippen molar-refractivity contribution in [3.63, 3.8) is 0 Å². The van der Waals surface area contributed by atoms with Crippen molar-refractivity contribution < 1.29 is 8.78 Å². The van der Waals surface area contributed by atoms with E-state index in [1.54, 1.807) is 0 Å². The fourth-order valence-electron chi connectivity index (χ4n) is 1.43. The first kappa shape index (κ1) is 12.1. The van der Waals surface area contributed by atoms with Gasteiger partial charge >= 0.3 is 0 Å². The summed E-state index contributed by atoms with van der Waals surface area (Å²) in [5.41, 5.74) is 6.68. The van der Waals surface area contributed by atoms with Crippen LogP contribution >= 0.6 is 0 Å². The Hall–Kier alpha value is -1.00. The number of hydrogen-bond acceptors (Lipinski definition) is 2. The maximum Gasteiger partial charge on any atom is 0.250 e. The van der Waals surface area contributed by atoms with E-state index in [0.717, 1.165) is 5.56 Å². The molecule has 0 fully saturated rings. The van der Waals surface area contributed by atoms with E-state index in [1.165, 1.54) is 0 Å². The third-order valence-electron chi connectivity index (χ3n) is 2.24. The zero-order chi connectivity index (χ0) is 11.1. The van der Waals surface area contributed by atoms with Crippen LogP contribution in [0, 0.1) is 0 Å². The quantitative estimate of drug-likeness (QED) is 0.754. The van der Waals surface area contributed by atoms with E-state index in [-0.39, 0.29) is 12.5 Å². The number of nitrogens with one attached hydrogen (secondary N) is 1. The average Bonchev–Trinajstić information content (AvgIpc) is 2.25. The first-order chi connectivity index (χ1) is 7.24. The van der Waals surface area contributed by atoms with Crippen LogP contribution in [0.1, 0.15) is 11.5 Å². The molecule has 2 nitrogen and oxygen atoms in total. The van der Waals surface area contributed by atoms with E-state index < -0.39 is 6.43 Å². The molecule has 0 spiro atoms. The predicted octanol–water partition coefficient (Wildman–Crippen LogP) is 1.58. The van der Waals surface area contributed by atoms with Crippen LogP contribution in [0.3, 0.4) is 0 Å². The Kier molecular flexibility index (Phi) is 5.21. The molecule has 0 saturated carbocycles. The second kappa shape index (κ2) is 6.48. The van der Waals surface area contributed by atoms with Crippen molar-refractivity contribution in [2.45, 2.75) is 12.3 Å². The molecule has 4 heteroatoms. The molecule has 0 aliphatic rings. The third kappa shape index (κ3) is 4.36. The second-order valence-electron chi connectivity index (χ2n) is 3.39. The van der Waals surface area contributed by atoms with Crippen LogP contribution in [0.5, 0.6) is 0 Å². The number of halogens is 2. The summed E-state index contributed by atoms with van der Waals surface area (Å²) in [7, 11) is 0. The lowest BCUT2D eigenvalue weighted by Gasteiger charge is -2.15. The molecule has 1 aromatic carbocycles. The summed E-state index contributed by atoms with van der Waals surface area (Å²) in [6.45, 7) is 0.675. The molecule has 0 aliphatic heterocycles. The lowest BCUT2D eigenvalue weighted by Crippen LogP contribution is -2.29. The van der Waals surface area contributed by atoms with Crippen molar-refractivity contribution in [2.24, 2.45) is 5.73 Å². The summed E-state index contributed by atoms with van der Waals surface area (Å²) in [5.74, 6) is 0.102. The average molecular weight is 214 g/mol. The topological polar surface area (TPSA) is 38.0 Å². The molecule has 0 aromatic heterocycles. The molecular weight excluding hydrogens is 198 g/mol. The Morgan fingerprint density at radius 1 is 1.13 bits per heavy atom. The first-order valence-electron chi connectivity index (χ1n) is 4.98. The molecule has 84 valence electrons. The van der Waals surface area contributed by atoms with Gasteiger partial charge in [-0.2, -0.15) is 0 Å². The molecule has 0 bridgehead atoms. The van der Waals surface area contributed by atoms with Crippen LogP contribution in [0.2, 0.25) is 0 Å². The van der Waals surface area contributed by atoms with Gasteiger partial charge in [-0.1, -0.05) is 30.3 Å². The van der Waals surface area contributed by atoms with Crippen LogP contribution < -0.4 is 11.1 Å². The summed E-state index contributed by atoms with van der Waals surface area (Å²) in [5, 5.41) is 2.70.